The Morgan fingerprint density at radius 2 is 1.83 bits per heavy atom. The minimum absolute atomic E-state index is 0.634. The van der Waals surface area contributed by atoms with Crippen molar-refractivity contribution in [2.75, 3.05) is 0 Å². The molecule has 0 aliphatic rings. The monoisotopic (exact) mass is 414 g/mol. The van der Waals surface area contributed by atoms with Gasteiger partial charge in [-0.05, 0) is 66.2 Å². The lowest BCUT2D eigenvalue weighted by Crippen LogP contribution is -2.11. The van der Waals surface area contributed by atoms with Gasteiger partial charge in [0.1, 0.15) is 0 Å². The van der Waals surface area contributed by atoms with E-state index in [-0.39, 0.29) is 0 Å². The number of thiazole rings is 1. The standard InChI is InChI=1S/C23H18N4S2/c1-16-5-10-20(12-17(16)2)26-23-27(21(15-29-23)22-4-3-11-28-22)25-14-19-8-6-18(13-24)7-9-19/h3-12,14-15H,1-2H3. The first kappa shape index (κ1) is 19.1. The van der Waals surface area contributed by atoms with Crippen molar-refractivity contribution >= 4 is 34.6 Å². The third kappa shape index (κ3) is 4.27. The highest BCUT2D eigenvalue weighted by Crippen LogP contribution is 2.25. The Kier molecular flexibility index (Phi) is 5.52. The Hall–Kier alpha value is -3.27. The highest BCUT2D eigenvalue weighted by molar-refractivity contribution is 7.14. The molecule has 0 saturated carbocycles. The van der Waals surface area contributed by atoms with E-state index in [1.54, 1.807) is 41.0 Å². The summed E-state index contributed by atoms with van der Waals surface area (Å²) in [5.74, 6) is 0. The molecule has 0 radical (unpaired) electrons. The maximum atomic E-state index is 8.97. The van der Waals surface area contributed by atoms with Crippen LogP contribution in [0.25, 0.3) is 10.6 Å². The summed E-state index contributed by atoms with van der Waals surface area (Å²) in [6, 6.07) is 19.8. The fourth-order valence-electron chi connectivity index (χ4n) is 2.76. The average molecular weight is 415 g/mol. The molecular weight excluding hydrogens is 396 g/mol. The van der Waals surface area contributed by atoms with Crippen LogP contribution in [0.1, 0.15) is 22.3 Å². The van der Waals surface area contributed by atoms with Gasteiger partial charge in [-0.3, -0.25) is 0 Å². The topological polar surface area (TPSA) is 53.4 Å². The second-order valence-corrected chi connectivity index (χ2v) is 8.34. The van der Waals surface area contributed by atoms with Crippen LogP contribution in [0.5, 0.6) is 0 Å². The fraction of sp³-hybridized carbons (Fsp3) is 0.0870. The normalized spacial score (nSPS) is 11.8. The quantitative estimate of drug-likeness (QED) is 0.385. The van der Waals surface area contributed by atoms with Crippen molar-refractivity contribution in [3.05, 3.63) is 92.4 Å². The van der Waals surface area contributed by atoms with Gasteiger partial charge in [0.15, 0.2) is 0 Å². The van der Waals surface area contributed by atoms with E-state index < -0.39 is 0 Å². The molecule has 0 spiro atoms. The molecule has 29 heavy (non-hydrogen) atoms. The second-order valence-electron chi connectivity index (χ2n) is 6.55. The summed E-state index contributed by atoms with van der Waals surface area (Å²) in [6.45, 7) is 4.19. The molecule has 4 rings (SSSR count). The summed E-state index contributed by atoms with van der Waals surface area (Å²) in [5, 5.41) is 17.8. The van der Waals surface area contributed by atoms with E-state index in [1.165, 1.54) is 11.1 Å². The molecule has 0 fully saturated rings. The third-order valence-corrected chi connectivity index (χ3v) is 6.24. The van der Waals surface area contributed by atoms with Gasteiger partial charge in [0.2, 0.25) is 4.80 Å². The molecule has 0 N–H and O–H groups in total. The number of hydrogen-bond donors (Lipinski definition) is 0. The predicted octanol–water partition coefficient (Wildman–Crippen LogP) is 5.88. The maximum absolute atomic E-state index is 8.97. The van der Waals surface area contributed by atoms with Crippen molar-refractivity contribution < 1.29 is 0 Å². The molecule has 2 aromatic heterocycles. The van der Waals surface area contributed by atoms with Crippen molar-refractivity contribution in [2.24, 2.45) is 10.1 Å². The minimum atomic E-state index is 0.634. The Morgan fingerprint density at radius 3 is 2.52 bits per heavy atom. The van der Waals surface area contributed by atoms with Gasteiger partial charge < -0.3 is 0 Å². The van der Waals surface area contributed by atoms with Gasteiger partial charge in [-0.2, -0.15) is 10.4 Å². The van der Waals surface area contributed by atoms with Crippen LogP contribution < -0.4 is 4.80 Å². The van der Waals surface area contributed by atoms with E-state index in [4.69, 9.17) is 15.4 Å². The number of aromatic nitrogens is 1. The SMILES string of the molecule is Cc1ccc(N=c2scc(-c3cccs3)n2N=Cc2ccc(C#N)cc2)cc1C. The number of hydrogen-bond acceptors (Lipinski definition) is 5. The molecule has 4 nitrogen and oxygen atoms in total. The first-order valence-electron chi connectivity index (χ1n) is 9.05. The van der Waals surface area contributed by atoms with E-state index in [0.717, 1.165) is 26.6 Å². The summed E-state index contributed by atoms with van der Waals surface area (Å²) in [5.41, 5.74) is 5.95. The fourth-order valence-corrected chi connectivity index (χ4v) is 4.41. The Morgan fingerprint density at radius 1 is 1.00 bits per heavy atom. The lowest BCUT2D eigenvalue weighted by molar-refractivity contribution is 0.856. The number of rotatable bonds is 4. The lowest BCUT2D eigenvalue weighted by Gasteiger charge is -2.02. The van der Waals surface area contributed by atoms with Crippen LogP contribution in [0.15, 0.2) is 75.5 Å². The van der Waals surface area contributed by atoms with E-state index in [9.17, 15) is 0 Å². The number of benzene rings is 2. The molecule has 0 atom stereocenters. The maximum Gasteiger partial charge on any atom is 0.211 e. The summed E-state index contributed by atoms with van der Waals surface area (Å²) < 4.78 is 1.88. The minimum Gasteiger partial charge on any atom is -0.220 e. The first-order chi connectivity index (χ1) is 14.1. The van der Waals surface area contributed by atoms with Gasteiger partial charge in [-0.1, -0.05) is 24.3 Å². The van der Waals surface area contributed by atoms with Crippen LogP contribution in [0.2, 0.25) is 0 Å². The molecule has 4 aromatic rings. The van der Waals surface area contributed by atoms with Gasteiger partial charge in [0.25, 0.3) is 0 Å². The van der Waals surface area contributed by atoms with E-state index in [2.05, 4.69) is 48.9 Å². The van der Waals surface area contributed by atoms with Crippen LogP contribution in [0.4, 0.5) is 5.69 Å². The molecule has 142 valence electrons. The molecule has 0 aliphatic heterocycles. The molecule has 6 heteroatoms. The predicted molar refractivity (Wildman–Crippen MR) is 121 cm³/mol. The van der Waals surface area contributed by atoms with Crippen molar-refractivity contribution in [3.63, 3.8) is 0 Å². The summed E-state index contributed by atoms with van der Waals surface area (Å²) in [7, 11) is 0. The molecule has 0 aliphatic carbocycles. The van der Waals surface area contributed by atoms with Crippen LogP contribution in [-0.4, -0.2) is 10.9 Å². The summed E-state index contributed by atoms with van der Waals surface area (Å²) in [6.07, 6.45) is 1.80. The largest absolute Gasteiger partial charge is 0.220 e. The van der Waals surface area contributed by atoms with Crippen molar-refractivity contribution in [1.29, 1.82) is 5.26 Å². The Labute approximate surface area is 177 Å². The summed E-state index contributed by atoms with van der Waals surface area (Å²) >= 11 is 3.24. The van der Waals surface area contributed by atoms with E-state index >= 15 is 0 Å². The molecular formula is C23H18N4S2. The van der Waals surface area contributed by atoms with Crippen molar-refractivity contribution in [2.45, 2.75) is 13.8 Å². The number of aryl methyl sites for hydroxylation is 2. The number of nitrogens with zero attached hydrogens (tertiary/aromatic N) is 4. The zero-order chi connectivity index (χ0) is 20.2. The molecule has 2 heterocycles. The Balaban J connectivity index is 1.80. The highest BCUT2D eigenvalue weighted by Gasteiger charge is 2.08. The zero-order valence-electron chi connectivity index (χ0n) is 16.0. The lowest BCUT2D eigenvalue weighted by atomic mass is 10.1. The van der Waals surface area contributed by atoms with E-state index in [1.807, 2.05) is 28.9 Å². The second kappa shape index (κ2) is 8.39. The molecule has 0 amide bonds. The van der Waals surface area contributed by atoms with Crippen LogP contribution >= 0.6 is 22.7 Å². The summed E-state index contributed by atoms with van der Waals surface area (Å²) in [4.78, 5) is 6.79. The molecule has 0 saturated heterocycles. The van der Waals surface area contributed by atoms with Gasteiger partial charge in [-0.25, -0.2) is 9.67 Å². The zero-order valence-corrected chi connectivity index (χ0v) is 17.7. The van der Waals surface area contributed by atoms with Crippen LogP contribution in [0.3, 0.4) is 0 Å². The molecule has 0 unspecified atom stereocenters. The van der Waals surface area contributed by atoms with Gasteiger partial charge in [-0.15, -0.1) is 22.7 Å². The Bertz CT molecular complexity index is 1270. The van der Waals surface area contributed by atoms with Gasteiger partial charge in [0, 0.05) is 5.38 Å². The van der Waals surface area contributed by atoms with Crippen molar-refractivity contribution in [3.8, 4) is 16.6 Å². The number of nitriles is 1. The molecule has 2 aromatic carbocycles. The van der Waals surface area contributed by atoms with Crippen LogP contribution in [0, 0.1) is 25.2 Å². The molecule has 0 bridgehead atoms. The van der Waals surface area contributed by atoms with Gasteiger partial charge in [0.05, 0.1) is 34.1 Å². The van der Waals surface area contributed by atoms with Crippen molar-refractivity contribution in [1.82, 2.24) is 4.68 Å². The third-order valence-electron chi connectivity index (χ3n) is 4.54. The number of thiophene rings is 1. The smallest absolute Gasteiger partial charge is 0.211 e. The highest BCUT2D eigenvalue weighted by atomic mass is 32.1. The van der Waals surface area contributed by atoms with Crippen LogP contribution in [-0.2, 0) is 0 Å². The van der Waals surface area contributed by atoms with E-state index in [0.29, 0.717) is 5.56 Å². The first-order valence-corrected chi connectivity index (χ1v) is 10.8. The van der Waals surface area contributed by atoms with Gasteiger partial charge >= 0.3 is 0 Å². The average Bonchev–Trinajstić information content (AvgIpc) is 3.39.